The molecule has 6 nitrogen and oxygen atoms in total. The van der Waals surface area contributed by atoms with Crippen LogP contribution in [0.25, 0.3) is 10.8 Å². The Hall–Kier alpha value is -3.28. The average molecular weight is 362 g/mol. The Labute approximate surface area is 157 Å². The largest absolute Gasteiger partial charge is 0.292 e. The van der Waals surface area contributed by atoms with Crippen LogP contribution in [0.3, 0.4) is 0 Å². The fourth-order valence-corrected chi connectivity index (χ4v) is 3.08. The van der Waals surface area contributed by atoms with E-state index in [1.165, 1.54) is 10.2 Å². The fraction of sp³-hybridized carbons (Fsp3) is 0.238. The standard InChI is InChI=1S/C21H22N4O2/c1-5-25-21(27)18-9-7-6-8-17(18)19(24-25)20(26)23-22-15(4)16-11-10-13(2)12-14(16)3/h6-12H,5H2,1-4H3,(H,23,26)/b22-15-. The van der Waals surface area contributed by atoms with Crippen LogP contribution in [-0.4, -0.2) is 21.4 Å². The van der Waals surface area contributed by atoms with Crippen molar-refractivity contribution in [2.45, 2.75) is 34.2 Å². The van der Waals surface area contributed by atoms with Crippen LogP contribution < -0.4 is 11.0 Å². The maximum atomic E-state index is 12.7. The zero-order valence-corrected chi connectivity index (χ0v) is 15.9. The lowest BCUT2D eigenvalue weighted by Crippen LogP contribution is -2.29. The Balaban J connectivity index is 1.97. The van der Waals surface area contributed by atoms with Crippen LogP contribution >= 0.6 is 0 Å². The van der Waals surface area contributed by atoms with Crippen LogP contribution in [0.2, 0.25) is 0 Å². The summed E-state index contributed by atoms with van der Waals surface area (Å²) in [6.07, 6.45) is 0. The van der Waals surface area contributed by atoms with Gasteiger partial charge in [0.05, 0.1) is 11.1 Å². The number of hydrazone groups is 1. The predicted molar refractivity (Wildman–Crippen MR) is 107 cm³/mol. The Morgan fingerprint density at radius 1 is 1.15 bits per heavy atom. The molecule has 0 saturated heterocycles. The summed E-state index contributed by atoms with van der Waals surface area (Å²) in [4.78, 5) is 25.1. The van der Waals surface area contributed by atoms with Crippen molar-refractivity contribution >= 4 is 22.4 Å². The van der Waals surface area contributed by atoms with Gasteiger partial charge in [0.2, 0.25) is 0 Å². The molecule has 1 amide bonds. The van der Waals surface area contributed by atoms with E-state index in [4.69, 9.17) is 0 Å². The van der Waals surface area contributed by atoms with Gasteiger partial charge in [0.15, 0.2) is 5.69 Å². The zero-order valence-electron chi connectivity index (χ0n) is 15.9. The maximum absolute atomic E-state index is 12.7. The number of rotatable bonds is 4. The van der Waals surface area contributed by atoms with Gasteiger partial charge in [-0.3, -0.25) is 9.59 Å². The highest BCUT2D eigenvalue weighted by atomic mass is 16.2. The monoisotopic (exact) mass is 362 g/mol. The van der Waals surface area contributed by atoms with E-state index in [9.17, 15) is 9.59 Å². The van der Waals surface area contributed by atoms with E-state index in [0.717, 1.165) is 11.1 Å². The number of aryl methyl sites for hydroxylation is 3. The number of nitrogens with zero attached hydrogens (tertiary/aromatic N) is 3. The fourth-order valence-electron chi connectivity index (χ4n) is 3.08. The molecule has 1 heterocycles. The van der Waals surface area contributed by atoms with Crippen molar-refractivity contribution in [2.75, 3.05) is 0 Å². The van der Waals surface area contributed by atoms with E-state index < -0.39 is 5.91 Å². The van der Waals surface area contributed by atoms with E-state index in [-0.39, 0.29) is 11.3 Å². The first-order valence-electron chi connectivity index (χ1n) is 8.84. The summed E-state index contributed by atoms with van der Waals surface area (Å²) >= 11 is 0. The first-order valence-corrected chi connectivity index (χ1v) is 8.84. The van der Waals surface area contributed by atoms with Crippen molar-refractivity contribution in [3.8, 4) is 0 Å². The van der Waals surface area contributed by atoms with Crippen LogP contribution in [-0.2, 0) is 6.54 Å². The normalized spacial score (nSPS) is 11.6. The molecular formula is C21H22N4O2. The molecule has 138 valence electrons. The van der Waals surface area contributed by atoms with Gasteiger partial charge in [0, 0.05) is 17.5 Å². The molecule has 0 radical (unpaired) electrons. The van der Waals surface area contributed by atoms with E-state index in [1.807, 2.05) is 39.8 Å². The lowest BCUT2D eigenvalue weighted by atomic mass is 10.0. The van der Waals surface area contributed by atoms with E-state index in [1.54, 1.807) is 24.3 Å². The second-order valence-corrected chi connectivity index (χ2v) is 6.47. The summed E-state index contributed by atoms with van der Waals surface area (Å²) in [7, 11) is 0. The predicted octanol–water partition coefficient (Wildman–Crippen LogP) is 3.19. The zero-order chi connectivity index (χ0) is 19.6. The molecule has 0 atom stereocenters. The second-order valence-electron chi connectivity index (χ2n) is 6.47. The van der Waals surface area contributed by atoms with Crippen molar-refractivity contribution in [3.63, 3.8) is 0 Å². The Bertz CT molecular complexity index is 1110. The Morgan fingerprint density at radius 3 is 2.52 bits per heavy atom. The summed E-state index contributed by atoms with van der Waals surface area (Å²) in [5.74, 6) is -0.447. The number of nitrogens with one attached hydrogen (secondary N) is 1. The first kappa shape index (κ1) is 18.5. The SMILES string of the molecule is CCn1nc(C(=O)N/N=C(/C)c2ccc(C)cc2C)c2ccccc2c1=O. The molecular weight excluding hydrogens is 340 g/mol. The number of carbonyl (C=O) groups is 1. The second kappa shape index (κ2) is 7.53. The van der Waals surface area contributed by atoms with Gasteiger partial charge in [-0.25, -0.2) is 10.1 Å². The van der Waals surface area contributed by atoms with Crippen LogP contribution in [0.4, 0.5) is 0 Å². The highest BCUT2D eigenvalue weighted by molar-refractivity contribution is 6.06. The van der Waals surface area contributed by atoms with Gasteiger partial charge in [-0.2, -0.15) is 10.2 Å². The minimum absolute atomic E-state index is 0.184. The number of hydrogen-bond acceptors (Lipinski definition) is 4. The molecule has 0 fully saturated rings. The van der Waals surface area contributed by atoms with E-state index in [0.29, 0.717) is 23.0 Å². The lowest BCUT2D eigenvalue weighted by Gasteiger charge is -2.09. The minimum Gasteiger partial charge on any atom is -0.267 e. The minimum atomic E-state index is -0.447. The molecule has 6 heteroatoms. The average Bonchev–Trinajstić information content (AvgIpc) is 2.66. The topological polar surface area (TPSA) is 76.3 Å². The summed E-state index contributed by atoms with van der Waals surface area (Å²) in [6.45, 7) is 8.08. The third-order valence-electron chi connectivity index (χ3n) is 4.48. The summed E-state index contributed by atoms with van der Waals surface area (Å²) in [5, 5.41) is 9.44. The molecule has 27 heavy (non-hydrogen) atoms. The number of amides is 1. The number of hydrogen-bond donors (Lipinski definition) is 1. The Kier molecular flexibility index (Phi) is 5.16. The van der Waals surface area contributed by atoms with Gasteiger partial charge in [0.25, 0.3) is 11.5 Å². The van der Waals surface area contributed by atoms with Crippen LogP contribution in [0.15, 0.2) is 52.4 Å². The van der Waals surface area contributed by atoms with Gasteiger partial charge in [-0.1, -0.05) is 42.0 Å². The van der Waals surface area contributed by atoms with Crippen molar-refractivity contribution in [1.29, 1.82) is 0 Å². The quantitative estimate of drug-likeness (QED) is 0.572. The number of fused-ring (bicyclic) bond motifs is 1. The Morgan fingerprint density at radius 2 is 1.85 bits per heavy atom. The molecule has 0 aliphatic carbocycles. The highest BCUT2D eigenvalue weighted by Gasteiger charge is 2.16. The van der Waals surface area contributed by atoms with Crippen molar-refractivity contribution in [3.05, 3.63) is 75.2 Å². The molecule has 2 aromatic carbocycles. The molecule has 1 N–H and O–H groups in total. The number of carbonyl (C=O) groups excluding carboxylic acids is 1. The van der Waals surface area contributed by atoms with Crippen molar-refractivity contribution in [1.82, 2.24) is 15.2 Å². The van der Waals surface area contributed by atoms with Crippen LogP contribution in [0, 0.1) is 13.8 Å². The third kappa shape index (κ3) is 3.65. The molecule has 0 bridgehead atoms. The summed E-state index contributed by atoms with van der Waals surface area (Å²) in [5.41, 5.74) is 6.48. The summed E-state index contributed by atoms with van der Waals surface area (Å²) < 4.78 is 1.29. The van der Waals surface area contributed by atoms with E-state index >= 15 is 0 Å². The van der Waals surface area contributed by atoms with Gasteiger partial charge >= 0.3 is 0 Å². The smallest absolute Gasteiger partial charge is 0.267 e. The van der Waals surface area contributed by atoms with Gasteiger partial charge in [0.1, 0.15) is 0 Å². The van der Waals surface area contributed by atoms with Crippen LogP contribution in [0.5, 0.6) is 0 Å². The highest BCUT2D eigenvalue weighted by Crippen LogP contribution is 2.14. The van der Waals surface area contributed by atoms with Gasteiger partial charge < -0.3 is 0 Å². The molecule has 3 rings (SSSR count). The first-order chi connectivity index (χ1) is 12.9. The summed E-state index contributed by atoms with van der Waals surface area (Å²) in [6, 6.07) is 13.0. The molecule has 0 unspecified atom stereocenters. The van der Waals surface area contributed by atoms with Gasteiger partial charge in [-0.15, -0.1) is 0 Å². The van der Waals surface area contributed by atoms with Crippen LogP contribution in [0.1, 0.15) is 41.0 Å². The third-order valence-corrected chi connectivity index (χ3v) is 4.48. The van der Waals surface area contributed by atoms with E-state index in [2.05, 4.69) is 21.7 Å². The molecule has 0 spiro atoms. The molecule has 0 aliphatic heterocycles. The number of aromatic nitrogens is 2. The number of benzene rings is 2. The maximum Gasteiger partial charge on any atom is 0.292 e. The molecule has 0 aliphatic rings. The lowest BCUT2D eigenvalue weighted by molar-refractivity contribution is 0.0949. The van der Waals surface area contributed by atoms with Crippen molar-refractivity contribution < 1.29 is 4.79 Å². The van der Waals surface area contributed by atoms with Gasteiger partial charge in [-0.05, 0) is 39.3 Å². The molecule has 1 aromatic heterocycles. The molecule has 3 aromatic rings. The molecule has 0 saturated carbocycles. The van der Waals surface area contributed by atoms with Crippen molar-refractivity contribution in [2.24, 2.45) is 5.10 Å².